The minimum absolute atomic E-state index is 0. The van der Waals surface area contributed by atoms with Gasteiger partial charge in [0.2, 0.25) is 0 Å². The molecule has 0 fully saturated rings. The third-order valence-corrected chi connectivity index (χ3v) is 0.986. The zero-order valence-corrected chi connectivity index (χ0v) is 8.20. The van der Waals surface area contributed by atoms with E-state index in [1.165, 1.54) is 0 Å². The molecule has 0 aliphatic carbocycles. The van der Waals surface area contributed by atoms with E-state index in [-0.39, 0.29) is 50.6 Å². The monoisotopic (exact) mass is 187 g/mol. The second-order valence-electron chi connectivity index (χ2n) is 1.88. The summed E-state index contributed by atoms with van der Waals surface area (Å²) in [6.45, 7) is 0. The second-order valence-corrected chi connectivity index (χ2v) is 1.88. The minimum atomic E-state index is -1.17. The zero-order chi connectivity index (χ0) is 8.15. The van der Waals surface area contributed by atoms with Crippen molar-refractivity contribution in [3.8, 4) is 0 Å². The average molecular weight is 187 g/mol. The van der Waals surface area contributed by atoms with Crippen LogP contribution >= 0.6 is 0 Å². The minimum Gasteiger partial charge on any atom is -0.481 e. The summed E-state index contributed by atoms with van der Waals surface area (Å²) in [6.07, 6.45) is -0.224. The number of carboxylic acid groups (broad SMARTS) is 2. The van der Waals surface area contributed by atoms with Crippen molar-refractivity contribution in [1.82, 2.24) is 0 Å². The van der Waals surface area contributed by atoms with Crippen LogP contribution in [0.3, 0.4) is 0 Å². The van der Waals surface area contributed by atoms with E-state index >= 15 is 0 Å². The summed E-state index contributed by atoms with van der Waals surface area (Å²) in [5.41, 5.74) is 5.00. The molecule has 0 saturated carbocycles. The molecule has 0 aliphatic heterocycles. The number of nitrogens with two attached hydrogens (primary N) is 1. The van der Waals surface area contributed by atoms with Gasteiger partial charge in [-0.2, -0.15) is 0 Å². The summed E-state index contributed by atoms with van der Waals surface area (Å²) in [4.78, 5) is 19.9. The van der Waals surface area contributed by atoms with Gasteiger partial charge in [0.05, 0.1) is 0 Å². The topological polar surface area (TPSA) is 101 Å². The van der Waals surface area contributed by atoms with Crippen LogP contribution in [0.2, 0.25) is 0 Å². The van der Waals surface area contributed by atoms with Gasteiger partial charge in [-0.3, -0.25) is 9.59 Å². The van der Waals surface area contributed by atoms with Crippen molar-refractivity contribution in [2.24, 2.45) is 5.73 Å². The number of rotatable bonds is 4. The third-order valence-electron chi connectivity index (χ3n) is 0.986. The van der Waals surface area contributed by atoms with Crippen LogP contribution in [-0.2, 0) is 9.59 Å². The molecule has 0 aromatic rings. The number of aliphatic carboxylic acids is 2. The molecule has 0 aliphatic rings. The number of carbonyl (C=O) groups is 2. The summed E-state index contributed by atoms with van der Waals surface area (Å²) in [6, 6.07) is -1.06. The molecule has 0 bridgehead atoms. The van der Waals surface area contributed by atoms with Crippen molar-refractivity contribution in [2.75, 3.05) is 0 Å². The number of hydrogen-bond acceptors (Lipinski definition) is 3. The molecule has 5 nitrogen and oxygen atoms in total. The maximum absolute atomic E-state index is 9.99. The molecule has 0 amide bonds. The van der Waals surface area contributed by atoms with Gasteiger partial charge in [-0.05, 0) is 6.42 Å². The first-order valence-corrected chi connectivity index (χ1v) is 2.74. The van der Waals surface area contributed by atoms with Crippen LogP contribution in [0.25, 0.3) is 0 Å². The molecular formula is C5H9CaNO4. The Morgan fingerprint density at radius 3 is 2.09 bits per heavy atom. The summed E-state index contributed by atoms with van der Waals surface area (Å²) in [5.74, 6) is -2.20. The fourth-order valence-electron chi connectivity index (χ4n) is 0.402. The fraction of sp³-hybridized carbons (Fsp3) is 0.600. The van der Waals surface area contributed by atoms with Crippen molar-refractivity contribution in [3.05, 3.63) is 0 Å². The number of hydrogen-bond donors (Lipinski definition) is 3. The molecule has 0 rings (SSSR count). The first-order valence-electron chi connectivity index (χ1n) is 2.74. The molecule has 60 valence electrons. The Labute approximate surface area is 93.6 Å². The van der Waals surface area contributed by atoms with Crippen LogP contribution in [-0.4, -0.2) is 65.9 Å². The van der Waals surface area contributed by atoms with E-state index in [2.05, 4.69) is 0 Å². The maximum atomic E-state index is 9.99. The van der Waals surface area contributed by atoms with Crippen LogP contribution in [0.4, 0.5) is 0 Å². The van der Waals surface area contributed by atoms with Crippen molar-refractivity contribution in [2.45, 2.75) is 18.9 Å². The van der Waals surface area contributed by atoms with Crippen molar-refractivity contribution in [3.63, 3.8) is 0 Å². The molecule has 0 spiro atoms. The molecule has 4 N–H and O–H groups in total. The van der Waals surface area contributed by atoms with Gasteiger partial charge in [-0.25, -0.2) is 0 Å². The predicted molar refractivity (Wildman–Crippen MR) is 38.2 cm³/mol. The molecule has 0 heterocycles. The van der Waals surface area contributed by atoms with Crippen LogP contribution < -0.4 is 5.73 Å². The smallest absolute Gasteiger partial charge is 0.320 e. The van der Waals surface area contributed by atoms with Crippen LogP contribution in [0, 0.1) is 0 Å². The Balaban J connectivity index is 0. The first kappa shape index (κ1) is 13.7. The van der Waals surface area contributed by atoms with E-state index in [9.17, 15) is 9.59 Å². The molecule has 6 heteroatoms. The molecule has 0 aromatic carbocycles. The molecule has 1 atom stereocenters. The Hall–Kier alpha value is 0.160. The summed E-state index contributed by atoms with van der Waals surface area (Å²) in [7, 11) is 0. The van der Waals surface area contributed by atoms with Gasteiger partial charge in [0.1, 0.15) is 6.04 Å². The van der Waals surface area contributed by atoms with Gasteiger partial charge in [-0.15, -0.1) is 0 Å². The Kier molecular flexibility index (Phi) is 8.54. The Bertz CT molecular complexity index is 149. The Morgan fingerprint density at radius 2 is 1.82 bits per heavy atom. The van der Waals surface area contributed by atoms with Crippen molar-refractivity contribution >= 4 is 49.7 Å². The normalized spacial score (nSPS) is 11.4. The van der Waals surface area contributed by atoms with Gasteiger partial charge in [-0.1, -0.05) is 0 Å². The Morgan fingerprint density at radius 1 is 1.36 bits per heavy atom. The van der Waals surface area contributed by atoms with Crippen molar-refractivity contribution in [1.29, 1.82) is 0 Å². The average Bonchev–Trinajstić information content (AvgIpc) is 1.82. The molecule has 2 radical (unpaired) electrons. The largest absolute Gasteiger partial charge is 0.481 e. The van der Waals surface area contributed by atoms with Crippen molar-refractivity contribution < 1.29 is 19.8 Å². The first-order chi connectivity index (χ1) is 4.54. The van der Waals surface area contributed by atoms with Crippen LogP contribution in [0.1, 0.15) is 12.8 Å². The van der Waals surface area contributed by atoms with E-state index in [4.69, 9.17) is 15.9 Å². The van der Waals surface area contributed by atoms with Gasteiger partial charge < -0.3 is 15.9 Å². The third kappa shape index (κ3) is 8.06. The van der Waals surface area contributed by atoms with E-state index in [0.29, 0.717) is 0 Å². The SMILES string of the molecule is N[C@@H](CCC(=O)O)C(=O)O.[Ca]. The van der Waals surface area contributed by atoms with E-state index < -0.39 is 18.0 Å². The van der Waals surface area contributed by atoms with Gasteiger partial charge in [0, 0.05) is 44.2 Å². The van der Waals surface area contributed by atoms with E-state index in [1.54, 1.807) is 0 Å². The van der Waals surface area contributed by atoms with Gasteiger partial charge in [0.15, 0.2) is 0 Å². The molecule has 0 unspecified atom stereocenters. The quantitative estimate of drug-likeness (QED) is 0.484. The second kappa shape index (κ2) is 6.84. The van der Waals surface area contributed by atoms with E-state index in [0.717, 1.165) is 0 Å². The van der Waals surface area contributed by atoms with Crippen LogP contribution in [0.15, 0.2) is 0 Å². The van der Waals surface area contributed by atoms with Gasteiger partial charge in [0.25, 0.3) is 0 Å². The summed E-state index contributed by atoms with van der Waals surface area (Å²) < 4.78 is 0. The standard InChI is InChI=1S/C5H9NO4.Ca/c6-3(5(9)10)1-2-4(7)8;/h3H,1-2,6H2,(H,7,8)(H,9,10);/t3-;/m0./s1. The molecule has 11 heavy (non-hydrogen) atoms. The fourth-order valence-corrected chi connectivity index (χ4v) is 0.402. The predicted octanol–water partition coefficient (Wildman–Crippen LogP) is -1.12. The molecule has 0 saturated heterocycles. The molecule has 0 aromatic heterocycles. The van der Waals surface area contributed by atoms with E-state index in [1.807, 2.05) is 0 Å². The number of carboxylic acids is 2. The zero-order valence-electron chi connectivity index (χ0n) is 5.99. The maximum Gasteiger partial charge on any atom is 0.320 e. The molecular weight excluding hydrogens is 178 g/mol. The summed E-state index contributed by atoms with van der Waals surface area (Å²) in [5, 5.41) is 16.3. The van der Waals surface area contributed by atoms with Gasteiger partial charge >= 0.3 is 11.9 Å². The van der Waals surface area contributed by atoms with Crippen LogP contribution in [0.5, 0.6) is 0 Å². The summed E-state index contributed by atoms with van der Waals surface area (Å²) >= 11 is 0.